The van der Waals surface area contributed by atoms with Crippen LogP contribution in [-0.2, 0) is 11.3 Å². The number of carbonyl (C=O) groups excluding carboxylic acids is 1. The van der Waals surface area contributed by atoms with Crippen molar-refractivity contribution in [2.75, 3.05) is 5.32 Å². The lowest BCUT2D eigenvalue weighted by Gasteiger charge is -2.13. The minimum absolute atomic E-state index is 0.226. The topological polar surface area (TPSA) is 73.2 Å². The van der Waals surface area contributed by atoms with Gasteiger partial charge in [0, 0.05) is 10.0 Å². The van der Waals surface area contributed by atoms with Crippen molar-refractivity contribution in [2.45, 2.75) is 6.54 Å². The number of rotatable bonds is 5. The Balaban J connectivity index is 1.59. The Morgan fingerprint density at radius 2 is 1.77 bits per heavy atom. The average molecular weight is 475 g/mol. The third-order valence-corrected chi connectivity index (χ3v) is 5.09. The van der Waals surface area contributed by atoms with Crippen molar-refractivity contribution in [3.8, 4) is 11.5 Å². The van der Waals surface area contributed by atoms with Crippen LogP contribution in [0, 0.1) is 0 Å². The Morgan fingerprint density at radius 3 is 2.55 bits per heavy atom. The maximum atomic E-state index is 12.8. The second-order valence-corrected chi connectivity index (χ2v) is 7.85. The highest BCUT2D eigenvalue weighted by atomic mass is 35.5. The number of hydrogen-bond acceptors (Lipinski definition) is 4. The van der Waals surface area contributed by atoms with Crippen LogP contribution < -0.4 is 15.6 Å². The first-order chi connectivity index (χ1) is 14.9. The summed E-state index contributed by atoms with van der Waals surface area (Å²) in [6, 6.07) is 17.0. The Bertz CT molecular complexity index is 1340. The summed E-state index contributed by atoms with van der Waals surface area (Å²) >= 11 is 18.2. The van der Waals surface area contributed by atoms with Gasteiger partial charge in [0.15, 0.2) is 5.75 Å². The van der Waals surface area contributed by atoms with Gasteiger partial charge in [-0.05, 0) is 42.5 Å². The normalized spacial score (nSPS) is 10.8. The molecular weight excluding hydrogens is 461 g/mol. The molecule has 1 heterocycles. The smallest absolute Gasteiger partial charge is 0.261 e. The SMILES string of the molecule is O=C(Cn1cnc2c(Cl)cc(Cl)cc2c1=O)Nc1cc(Cl)ccc1Oc1ccccc1. The van der Waals surface area contributed by atoms with Gasteiger partial charge in [-0.15, -0.1) is 0 Å². The van der Waals surface area contributed by atoms with E-state index in [4.69, 9.17) is 39.5 Å². The van der Waals surface area contributed by atoms with Gasteiger partial charge < -0.3 is 10.1 Å². The highest BCUT2D eigenvalue weighted by molar-refractivity contribution is 6.38. The van der Waals surface area contributed by atoms with Crippen LogP contribution in [0.1, 0.15) is 0 Å². The van der Waals surface area contributed by atoms with Gasteiger partial charge in [-0.3, -0.25) is 14.2 Å². The van der Waals surface area contributed by atoms with Gasteiger partial charge in [0.05, 0.1) is 27.9 Å². The molecule has 4 rings (SSSR count). The quantitative estimate of drug-likeness (QED) is 0.397. The van der Waals surface area contributed by atoms with Gasteiger partial charge in [0.25, 0.3) is 5.56 Å². The van der Waals surface area contributed by atoms with E-state index in [1.807, 2.05) is 18.2 Å². The zero-order chi connectivity index (χ0) is 22.0. The molecule has 9 heteroatoms. The first-order valence-electron chi connectivity index (χ1n) is 9.07. The molecule has 1 aromatic heterocycles. The number of carbonyl (C=O) groups is 1. The number of ether oxygens (including phenoxy) is 1. The van der Waals surface area contributed by atoms with Crippen molar-refractivity contribution in [3.05, 3.63) is 92.4 Å². The number of anilines is 1. The van der Waals surface area contributed by atoms with Gasteiger partial charge >= 0.3 is 0 Å². The van der Waals surface area contributed by atoms with Crippen LogP contribution in [0.15, 0.2) is 71.8 Å². The van der Waals surface area contributed by atoms with E-state index in [0.29, 0.717) is 32.7 Å². The highest BCUT2D eigenvalue weighted by Gasteiger charge is 2.14. The fraction of sp³-hybridized carbons (Fsp3) is 0.0455. The number of nitrogens with zero attached hydrogens (tertiary/aromatic N) is 2. The Hall–Kier alpha value is -3.06. The van der Waals surface area contributed by atoms with Crippen molar-refractivity contribution in [1.29, 1.82) is 0 Å². The molecule has 156 valence electrons. The van der Waals surface area contributed by atoms with E-state index in [1.54, 1.807) is 30.3 Å². The van der Waals surface area contributed by atoms with Gasteiger partial charge in [0.1, 0.15) is 12.3 Å². The van der Waals surface area contributed by atoms with Gasteiger partial charge in [-0.1, -0.05) is 53.0 Å². The molecule has 0 bridgehead atoms. The van der Waals surface area contributed by atoms with Crippen molar-refractivity contribution in [1.82, 2.24) is 9.55 Å². The molecule has 0 saturated heterocycles. The van der Waals surface area contributed by atoms with Crippen LogP contribution in [0.4, 0.5) is 5.69 Å². The molecule has 0 aliphatic rings. The maximum Gasteiger partial charge on any atom is 0.261 e. The van der Waals surface area contributed by atoms with E-state index in [-0.39, 0.29) is 17.0 Å². The summed E-state index contributed by atoms with van der Waals surface area (Å²) in [5.74, 6) is 0.548. The molecular formula is C22H14Cl3N3O3. The first-order valence-corrected chi connectivity index (χ1v) is 10.2. The number of halogens is 3. The predicted octanol–water partition coefficient (Wildman–Crippen LogP) is 5.79. The molecule has 0 aliphatic carbocycles. The van der Waals surface area contributed by atoms with Crippen molar-refractivity contribution < 1.29 is 9.53 Å². The molecule has 0 radical (unpaired) electrons. The number of nitrogens with one attached hydrogen (secondary N) is 1. The lowest BCUT2D eigenvalue weighted by Crippen LogP contribution is -2.28. The lowest BCUT2D eigenvalue weighted by molar-refractivity contribution is -0.116. The average Bonchev–Trinajstić information content (AvgIpc) is 2.73. The maximum absolute atomic E-state index is 12.8. The Labute approximate surface area is 192 Å². The molecule has 0 atom stereocenters. The number of amides is 1. The molecule has 31 heavy (non-hydrogen) atoms. The van der Waals surface area contributed by atoms with E-state index in [0.717, 1.165) is 0 Å². The van der Waals surface area contributed by atoms with Crippen molar-refractivity contribution in [3.63, 3.8) is 0 Å². The fourth-order valence-electron chi connectivity index (χ4n) is 2.96. The van der Waals surface area contributed by atoms with Crippen LogP contribution in [0.2, 0.25) is 15.1 Å². The van der Waals surface area contributed by atoms with Crippen molar-refractivity contribution in [2.24, 2.45) is 0 Å². The van der Waals surface area contributed by atoms with Crippen LogP contribution in [0.5, 0.6) is 11.5 Å². The summed E-state index contributed by atoms with van der Waals surface area (Å²) in [4.78, 5) is 29.6. The third kappa shape index (κ3) is 4.82. The van der Waals surface area contributed by atoms with E-state index in [1.165, 1.54) is 23.0 Å². The zero-order valence-electron chi connectivity index (χ0n) is 15.8. The number of fused-ring (bicyclic) bond motifs is 1. The standard InChI is InChI=1S/C22H14Cl3N3O3/c23-13-6-7-19(31-15-4-2-1-3-5-15)18(10-13)27-20(29)11-28-12-26-21-16(22(28)30)8-14(24)9-17(21)25/h1-10,12H,11H2,(H,27,29). The van der Waals surface area contributed by atoms with E-state index < -0.39 is 11.5 Å². The number of aromatic nitrogens is 2. The third-order valence-electron chi connectivity index (χ3n) is 4.35. The van der Waals surface area contributed by atoms with Crippen LogP contribution >= 0.6 is 34.8 Å². The second kappa shape index (κ2) is 8.98. The molecule has 0 aliphatic heterocycles. The van der Waals surface area contributed by atoms with Crippen LogP contribution in [0.3, 0.4) is 0 Å². The Kier molecular flexibility index (Phi) is 6.13. The summed E-state index contributed by atoms with van der Waals surface area (Å²) in [5, 5.41) is 3.94. The summed E-state index contributed by atoms with van der Waals surface area (Å²) in [7, 11) is 0. The molecule has 0 saturated carbocycles. The van der Waals surface area contributed by atoms with Gasteiger partial charge in [-0.2, -0.15) is 0 Å². The van der Waals surface area contributed by atoms with Crippen LogP contribution in [-0.4, -0.2) is 15.5 Å². The summed E-state index contributed by atoms with van der Waals surface area (Å²) in [5.41, 5.74) is 0.256. The van der Waals surface area contributed by atoms with Gasteiger partial charge in [0.2, 0.25) is 5.91 Å². The van der Waals surface area contributed by atoms with Crippen LogP contribution in [0.25, 0.3) is 10.9 Å². The first kappa shape index (κ1) is 21.2. The Morgan fingerprint density at radius 1 is 1.00 bits per heavy atom. The molecule has 0 spiro atoms. The van der Waals surface area contributed by atoms with E-state index in [2.05, 4.69) is 10.3 Å². The summed E-state index contributed by atoms with van der Waals surface area (Å²) in [6.07, 6.45) is 1.27. The molecule has 1 N–H and O–H groups in total. The fourth-order valence-corrected chi connectivity index (χ4v) is 3.67. The van der Waals surface area contributed by atoms with E-state index >= 15 is 0 Å². The summed E-state index contributed by atoms with van der Waals surface area (Å²) < 4.78 is 7.01. The van der Waals surface area contributed by atoms with Crippen molar-refractivity contribution >= 4 is 57.3 Å². The molecule has 1 amide bonds. The van der Waals surface area contributed by atoms with Gasteiger partial charge in [-0.25, -0.2) is 4.98 Å². The molecule has 0 unspecified atom stereocenters. The van der Waals surface area contributed by atoms with E-state index in [9.17, 15) is 9.59 Å². The summed E-state index contributed by atoms with van der Waals surface area (Å²) in [6.45, 7) is -0.275. The minimum atomic E-state index is -0.462. The number of benzene rings is 3. The lowest BCUT2D eigenvalue weighted by atomic mass is 10.2. The minimum Gasteiger partial charge on any atom is -0.455 e. The molecule has 6 nitrogen and oxygen atoms in total. The number of para-hydroxylation sites is 1. The second-order valence-electron chi connectivity index (χ2n) is 6.57. The zero-order valence-corrected chi connectivity index (χ0v) is 18.1. The molecule has 4 aromatic rings. The molecule has 3 aromatic carbocycles. The predicted molar refractivity (Wildman–Crippen MR) is 123 cm³/mol. The highest BCUT2D eigenvalue weighted by Crippen LogP contribution is 2.32. The monoisotopic (exact) mass is 473 g/mol. The number of hydrogen-bond donors (Lipinski definition) is 1. The largest absolute Gasteiger partial charge is 0.455 e. The molecule has 0 fully saturated rings.